The maximum atomic E-state index is 12.4. The molecular formula is C20H16N4O. The zero-order chi connectivity index (χ0) is 17.2. The van der Waals surface area contributed by atoms with E-state index in [0.717, 1.165) is 16.6 Å². The molecule has 0 radical (unpaired) electrons. The molecule has 0 atom stereocenters. The molecule has 25 heavy (non-hydrogen) atoms. The van der Waals surface area contributed by atoms with Crippen molar-refractivity contribution in [2.45, 2.75) is 0 Å². The second-order valence-corrected chi connectivity index (χ2v) is 5.69. The lowest BCUT2D eigenvalue weighted by molar-refractivity contribution is 0.102. The lowest BCUT2D eigenvalue weighted by atomic mass is 10.2. The van der Waals surface area contributed by atoms with Gasteiger partial charge in [-0.2, -0.15) is 0 Å². The SMILES string of the molecule is Nc1cccc(-n2ccc3c(NC(=O)c4ccccc4)nccc32)c1. The molecular weight excluding hydrogens is 312 g/mol. The first-order chi connectivity index (χ1) is 12.2. The summed E-state index contributed by atoms with van der Waals surface area (Å²) in [4.78, 5) is 16.7. The monoisotopic (exact) mass is 328 g/mol. The van der Waals surface area contributed by atoms with Gasteiger partial charge in [-0.15, -0.1) is 0 Å². The normalized spacial score (nSPS) is 10.7. The van der Waals surface area contributed by atoms with Crippen LogP contribution >= 0.6 is 0 Å². The van der Waals surface area contributed by atoms with E-state index in [1.165, 1.54) is 0 Å². The van der Waals surface area contributed by atoms with Gasteiger partial charge in [0.05, 0.1) is 5.52 Å². The molecule has 1 amide bonds. The highest BCUT2D eigenvalue weighted by Gasteiger charge is 2.12. The van der Waals surface area contributed by atoms with Crippen molar-refractivity contribution in [1.29, 1.82) is 0 Å². The predicted molar refractivity (Wildman–Crippen MR) is 99.9 cm³/mol. The van der Waals surface area contributed by atoms with Gasteiger partial charge in [-0.05, 0) is 42.5 Å². The zero-order valence-electron chi connectivity index (χ0n) is 13.4. The largest absolute Gasteiger partial charge is 0.399 e. The van der Waals surface area contributed by atoms with Crippen molar-refractivity contribution in [3.05, 3.63) is 84.7 Å². The molecule has 0 aliphatic heterocycles. The van der Waals surface area contributed by atoms with E-state index in [2.05, 4.69) is 10.3 Å². The van der Waals surface area contributed by atoms with Crippen LogP contribution in [-0.4, -0.2) is 15.5 Å². The molecule has 0 aliphatic carbocycles. The average Bonchev–Trinajstić information content (AvgIpc) is 3.07. The molecule has 0 saturated heterocycles. The van der Waals surface area contributed by atoms with Gasteiger partial charge in [0.2, 0.25) is 0 Å². The summed E-state index contributed by atoms with van der Waals surface area (Å²) >= 11 is 0. The Hall–Kier alpha value is -3.60. The Balaban J connectivity index is 1.73. The van der Waals surface area contributed by atoms with Crippen molar-refractivity contribution in [2.75, 3.05) is 11.1 Å². The summed E-state index contributed by atoms with van der Waals surface area (Å²) < 4.78 is 2.02. The summed E-state index contributed by atoms with van der Waals surface area (Å²) in [6.07, 6.45) is 3.63. The maximum absolute atomic E-state index is 12.4. The van der Waals surface area contributed by atoms with Crippen molar-refractivity contribution in [3.8, 4) is 5.69 Å². The average molecular weight is 328 g/mol. The molecule has 0 spiro atoms. The highest BCUT2D eigenvalue weighted by Crippen LogP contribution is 2.26. The first-order valence-electron chi connectivity index (χ1n) is 7.91. The van der Waals surface area contributed by atoms with Gasteiger partial charge < -0.3 is 15.6 Å². The number of hydrogen-bond acceptors (Lipinski definition) is 3. The Bertz CT molecular complexity index is 1050. The lowest BCUT2D eigenvalue weighted by Crippen LogP contribution is -2.12. The van der Waals surface area contributed by atoms with Crippen LogP contribution in [0, 0.1) is 0 Å². The fraction of sp³-hybridized carbons (Fsp3) is 0. The molecule has 4 aromatic rings. The molecule has 3 N–H and O–H groups in total. The molecule has 0 saturated carbocycles. The second kappa shape index (κ2) is 6.13. The Morgan fingerprint density at radius 2 is 1.84 bits per heavy atom. The van der Waals surface area contributed by atoms with Crippen molar-refractivity contribution < 1.29 is 4.79 Å². The van der Waals surface area contributed by atoms with Gasteiger partial charge in [0.25, 0.3) is 5.91 Å². The summed E-state index contributed by atoms with van der Waals surface area (Å²) in [6, 6.07) is 20.6. The summed E-state index contributed by atoms with van der Waals surface area (Å²) in [5.41, 5.74) is 9.09. The number of nitrogens with zero attached hydrogens (tertiary/aromatic N) is 2. The van der Waals surface area contributed by atoms with Crippen LogP contribution in [-0.2, 0) is 0 Å². The molecule has 0 fully saturated rings. The minimum atomic E-state index is -0.183. The van der Waals surface area contributed by atoms with E-state index in [1.807, 2.05) is 65.4 Å². The number of pyridine rings is 1. The van der Waals surface area contributed by atoms with Gasteiger partial charge in [0.1, 0.15) is 5.82 Å². The lowest BCUT2D eigenvalue weighted by Gasteiger charge is -2.08. The van der Waals surface area contributed by atoms with Crippen molar-refractivity contribution >= 4 is 28.3 Å². The van der Waals surface area contributed by atoms with E-state index >= 15 is 0 Å². The molecule has 0 bridgehead atoms. The molecule has 122 valence electrons. The Morgan fingerprint density at radius 1 is 1.00 bits per heavy atom. The number of rotatable bonds is 3. The molecule has 5 heteroatoms. The number of nitrogens with one attached hydrogen (secondary N) is 1. The molecule has 2 heterocycles. The summed E-state index contributed by atoms with van der Waals surface area (Å²) in [7, 11) is 0. The van der Waals surface area contributed by atoms with Crippen LogP contribution in [0.25, 0.3) is 16.6 Å². The number of carbonyl (C=O) groups is 1. The van der Waals surface area contributed by atoms with E-state index in [1.54, 1.807) is 18.3 Å². The summed E-state index contributed by atoms with van der Waals surface area (Å²) in [6.45, 7) is 0. The van der Waals surface area contributed by atoms with E-state index in [4.69, 9.17) is 5.73 Å². The first kappa shape index (κ1) is 15.0. The molecule has 2 aromatic carbocycles. The summed E-state index contributed by atoms with van der Waals surface area (Å²) in [5, 5.41) is 3.76. The third-order valence-electron chi connectivity index (χ3n) is 4.03. The quantitative estimate of drug-likeness (QED) is 0.561. The number of benzene rings is 2. The molecule has 2 aromatic heterocycles. The van der Waals surface area contributed by atoms with Crippen LogP contribution < -0.4 is 11.1 Å². The van der Waals surface area contributed by atoms with Gasteiger partial charge in [0.15, 0.2) is 0 Å². The van der Waals surface area contributed by atoms with Gasteiger partial charge in [0, 0.05) is 34.7 Å². The third kappa shape index (κ3) is 2.83. The first-order valence-corrected chi connectivity index (χ1v) is 7.91. The standard InChI is InChI=1S/C20H16N4O/c21-15-7-4-8-16(13-15)24-12-10-17-18(24)9-11-22-19(17)23-20(25)14-5-2-1-3-6-14/h1-13H,21H2,(H,22,23,25). The third-order valence-corrected chi connectivity index (χ3v) is 4.03. The minimum absolute atomic E-state index is 0.183. The van der Waals surface area contributed by atoms with Crippen LogP contribution in [0.5, 0.6) is 0 Å². The summed E-state index contributed by atoms with van der Waals surface area (Å²) in [5.74, 6) is 0.353. The zero-order valence-corrected chi connectivity index (χ0v) is 13.4. The van der Waals surface area contributed by atoms with Gasteiger partial charge >= 0.3 is 0 Å². The van der Waals surface area contributed by atoms with Crippen LogP contribution in [0.1, 0.15) is 10.4 Å². The fourth-order valence-electron chi connectivity index (χ4n) is 2.84. The molecule has 0 aliphatic rings. The maximum Gasteiger partial charge on any atom is 0.256 e. The van der Waals surface area contributed by atoms with E-state index in [0.29, 0.717) is 17.1 Å². The van der Waals surface area contributed by atoms with Gasteiger partial charge in [-0.3, -0.25) is 4.79 Å². The minimum Gasteiger partial charge on any atom is -0.399 e. The molecule has 0 unspecified atom stereocenters. The number of carbonyl (C=O) groups excluding carboxylic acids is 1. The Labute approximate surface area is 144 Å². The molecule has 4 rings (SSSR count). The smallest absolute Gasteiger partial charge is 0.256 e. The van der Waals surface area contributed by atoms with Crippen LogP contribution in [0.4, 0.5) is 11.5 Å². The van der Waals surface area contributed by atoms with Crippen LogP contribution in [0.2, 0.25) is 0 Å². The number of fused-ring (bicyclic) bond motifs is 1. The second-order valence-electron chi connectivity index (χ2n) is 5.69. The van der Waals surface area contributed by atoms with E-state index in [-0.39, 0.29) is 5.91 Å². The van der Waals surface area contributed by atoms with Gasteiger partial charge in [-0.25, -0.2) is 4.98 Å². The highest BCUT2D eigenvalue weighted by molar-refractivity contribution is 6.07. The fourth-order valence-corrected chi connectivity index (χ4v) is 2.84. The number of nitrogens with two attached hydrogens (primary N) is 1. The van der Waals surface area contributed by atoms with Crippen molar-refractivity contribution in [1.82, 2.24) is 9.55 Å². The number of nitrogen functional groups attached to an aromatic ring is 1. The van der Waals surface area contributed by atoms with E-state index < -0.39 is 0 Å². The highest BCUT2D eigenvalue weighted by atomic mass is 16.1. The van der Waals surface area contributed by atoms with Gasteiger partial charge in [-0.1, -0.05) is 24.3 Å². The molecule has 5 nitrogen and oxygen atoms in total. The number of hydrogen-bond donors (Lipinski definition) is 2. The van der Waals surface area contributed by atoms with Crippen LogP contribution in [0.3, 0.4) is 0 Å². The topological polar surface area (TPSA) is 72.9 Å². The number of amides is 1. The number of aromatic nitrogens is 2. The van der Waals surface area contributed by atoms with E-state index in [9.17, 15) is 4.79 Å². The number of anilines is 2. The Kier molecular flexibility index (Phi) is 3.67. The van der Waals surface area contributed by atoms with Crippen molar-refractivity contribution in [3.63, 3.8) is 0 Å². The predicted octanol–water partition coefficient (Wildman–Crippen LogP) is 3.86. The van der Waals surface area contributed by atoms with Crippen molar-refractivity contribution in [2.24, 2.45) is 0 Å². The Morgan fingerprint density at radius 3 is 2.64 bits per heavy atom. The van der Waals surface area contributed by atoms with Crippen LogP contribution in [0.15, 0.2) is 79.1 Å².